The summed E-state index contributed by atoms with van der Waals surface area (Å²) in [7, 11) is 0. The van der Waals surface area contributed by atoms with E-state index in [0.29, 0.717) is 11.3 Å². The molecule has 0 bridgehead atoms. The van der Waals surface area contributed by atoms with Crippen molar-refractivity contribution in [3.63, 3.8) is 0 Å². The smallest absolute Gasteiger partial charge is 0.278 e. The highest BCUT2D eigenvalue weighted by Gasteiger charge is 2.11. The molecule has 0 amide bonds. The topological polar surface area (TPSA) is 93.8 Å². The summed E-state index contributed by atoms with van der Waals surface area (Å²) < 4.78 is 0.168. The average Bonchev–Trinajstić information content (AvgIpc) is 2.45. The van der Waals surface area contributed by atoms with Crippen LogP contribution in [-0.4, -0.2) is 38.8 Å². The number of H-pyrrole nitrogens is 2. The van der Waals surface area contributed by atoms with E-state index in [2.05, 4.69) is 20.5 Å². The highest BCUT2D eigenvalue weighted by molar-refractivity contribution is 7.71. The second-order valence-electron chi connectivity index (χ2n) is 4.09. The van der Waals surface area contributed by atoms with Crippen LogP contribution in [0.5, 0.6) is 0 Å². The SMILES string of the molecule is O=c1[nH]c(=S)[nH]nc1-c1ccccc1NCC(O)CCl. The van der Waals surface area contributed by atoms with Crippen molar-refractivity contribution < 1.29 is 5.11 Å². The minimum absolute atomic E-state index is 0.131. The number of halogens is 1. The number of nitrogens with one attached hydrogen (secondary N) is 3. The number of hydrogen-bond acceptors (Lipinski definition) is 5. The van der Waals surface area contributed by atoms with Crippen LogP contribution in [-0.2, 0) is 0 Å². The zero-order valence-electron chi connectivity index (χ0n) is 10.4. The number of aromatic nitrogens is 3. The summed E-state index contributed by atoms with van der Waals surface area (Å²) >= 11 is 10.3. The number of anilines is 1. The second kappa shape index (κ2) is 6.65. The second-order valence-corrected chi connectivity index (χ2v) is 4.81. The van der Waals surface area contributed by atoms with E-state index in [1.54, 1.807) is 18.2 Å². The van der Waals surface area contributed by atoms with Gasteiger partial charge in [0.1, 0.15) is 0 Å². The average molecular weight is 313 g/mol. The van der Waals surface area contributed by atoms with Gasteiger partial charge in [0.15, 0.2) is 10.5 Å². The van der Waals surface area contributed by atoms with Crippen LogP contribution in [0.1, 0.15) is 0 Å². The number of benzene rings is 1. The van der Waals surface area contributed by atoms with Gasteiger partial charge in [-0.1, -0.05) is 18.2 Å². The molecule has 0 aliphatic carbocycles. The fraction of sp³-hybridized carbons (Fsp3) is 0.250. The first-order valence-corrected chi connectivity index (χ1v) is 6.82. The molecule has 4 N–H and O–H groups in total. The highest BCUT2D eigenvalue weighted by Crippen LogP contribution is 2.23. The maximum absolute atomic E-state index is 11.9. The van der Waals surface area contributed by atoms with Crippen LogP contribution in [0, 0.1) is 4.77 Å². The lowest BCUT2D eigenvalue weighted by molar-refractivity contribution is 0.211. The molecule has 0 aliphatic rings. The van der Waals surface area contributed by atoms with E-state index in [1.807, 2.05) is 6.07 Å². The van der Waals surface area contributed by atoms with Gasteiger partial charge >= 0.3 is 0 Å². The summed E-state index contributed by atoms with van der Waals surface area (Å²) in [6.45, 7) is 0.279. The van der Waals surface area contributed by atoms with Gasteiger partial charge in [-0.2, -0.15) is 5.10 Å². The Morgan fingerprint density at radius 1 is 1.45 bits per heavy atom. The third-order valence-corrected chi connectivity index (χ3v) is 3.15. The van der Waals surface area contributed by atoms with Crippen LogP contribution < -0.4 is 10.9 Å². The molecule has 20 heavy (non-hydrogen) atoms. The Hall–Kier alpha value is -1.70. The van der Waals surface area contributed by atoms with Gasteiger partial charge in [-0.05, 0) is 18.3 Å². The van der Waals surface area contributed by atoms with Crippen molar-refractivity contribution >= 4 is 29.5 Å². The van der Waals surface area contributed by atoms with Crippen LogP contribution in [0.4, 0.5) is 5.69 Å². The molecule has 1 aromatic heterocycles. The zero-order valence-corrected chi connectivity index (χ0v) is 12.0. The molecule has 106 valence electrons. The number of hydrogen-bond donors (Lipinski definition) is 4. The van der Waals surface area contributed by atoms with Crippen LogP contribution in [0.15, 0.2) is 29.1 Å². The maximum atomic E-state index is 11.9. The summed E-state index contributed by atoms with van der Waals surface area (Å²) in [5.74, 6) is 0.131. The van der Waals surface area contributed by atoms with E-state index < -0.39 is 6.10 Å². The van der Waals surface area contributed by atoms with Crippen molar-refractivity contribution in [1.82, 2.24) is 15.2 Å². The minimum atomic E-state index is -0.669. The fourth-order valence-electron chi connectivity index (χ4n) is 1.66. The number of nitrogens with zero attached hydrogens (tertiary/aromatic N) is 1. The van der Waals surface area contributed by atoms with Crippen molar-refractivity contribution in [2.24, 2.45) is 0 Å². The van der Waals surface area contributed by atoms with Crippen LogP contribution in [0.25, 0.3) is 11.3 Å². The van der Waals surface area contributed by atoms with Crippen molar-refractivity contribution in [1.29, 1.82) is 0 Å². The number of aliphatic hydroxyl groups excluding tert-OH is 1. The van der Waals surface area contributed by atoms with Gasteiger partial charge in [0.2, 0.25) is 0 Å². The lowest BCUT2D eigenvalue weighted by Gasteiger charge is -2.13. The Morgan fingerprint density at radius 2 is 2.20 bits per heavy atom. The lowest BCUT2D eigenvalue weighted by Crippen LogP contribution is -2.21. The van der Waals surface area contributed by atoms with E-state index in [1.165, 1.54) is 0 Å². The highest BCUT2D eigenvalue weighted by atomic mass is 35.5. The van der Waals surface area contributed by atoms with Gasteiger partial charge in [0.05, 0.1) is 12.0 Å². The van der Waals surface area contributed by atoms with E-state index >= 15 is 0 Å². The molecule has 1 aromatic carbocycles. The van der Waals surface area contributed by atoms with Gasteiger partial charge in [-0.15, -0.1) is 11.6 Å². The molecule has 0 spiro atoms. The molecule has 0 saturated heterocycles. The molecule has 0 aliphatic heterocycles. The standard InChI is InChI=1S/C12H13ClN4O2S/c13-5-7(18)6-14-9-4-2-1-3-8(9)10-11(19)15-12(20)17-16-10/h1-4,7,14,18H,5-6H2,(H2,15,17,19,20). The molecular weight excluding hydrogens is 300 g/mol. The third kappa shape index (κ3) is 3.44. The largest absolute Gasteiger partial charge is 0.390 e. The normalized spacial score (nSPS) is 12.1. The van der Waals surface area contributed by atoms with Crippen molar-refractivity contribution in [3.8, 4) is 11.3 Å². The minimum Gasteiger partial charge on any atom is -0.390 e. The van der Waals surface area contributed by atoms with E-state index in [9.17, 15) is 9.90 Å². The monoisotopic (exact) mass is 312 g/mol. The van der Waals surface area contributed by atoms with E-state index in [4.69, 9.17) is 23.8 Å². The molecule has 8 heteroatoms. The summed E-state index contributed by atoms with van der Waals surface area (Å²) in [4.78, 5) is 14.4. The number of aliphatic hydroxyl groups is 1. The van der Waals surface area contributed by atoms with Crippen LogP contribution in [0.2, 0.25) is 0 Å². The molecule has 0 fully saturated rings. The first-order chi connectivity index (χ1) is 9.61. The van der Waals surface area contributed by atoms with Gasteiger partial charge < -0.3 is 10.4 Å². The molecule has 1 heterocycles. The number of alkyl halides is 1. The molecular formula is C12H13ClN4O2S. The zero-order chi connectivity index (χ0) is 14.5. The molecule has 1 atom stereocenters. The molecule has 2 aromatic rings. The Balaban J connectivity index is 2.37. The maximum Gasteiger partial charge on any atom is 0.278 e. The molecule has 6 nitrogen and oxygen atoms in total. The molecule has 1 unspecified atom stereocenters. The van der Waals surface area contributed by atoms with Crippen molar-refractivity contribution in [2.45, 2.75) is 6.10 Å². The molecule has 0 radical (unpaired) electrons. The fourth-order valence-corrected chi connectivity index (χ4v) is 1.90. The molecule has 0 saturated carbocycles. The number of aromatic amines is 2. The van der Waals surface area contributed by atoms with Crippen molar-refractivity contribution in [3.05, 3.63) is 39.4 Å². The first kappa shape index (κ1) is 14.7. The number of rotatable bonds is 5. The van der Waals surface area contributed by atoms with Crippen LogP contribution in [0.3, 0.4) is 0 Å². The van der Waals surface area contributed by atoms with Gasteiger partial charge in [0.25, 0.3) is 5.56 Å². The van der Waals surface area contributed by atoms with Crippen LogP contribution >= 0.6 is 23.8 Å². The van der Waals surface area contributed by atoms with E-state index in [-0.39, 0.29) is 28.4 Å². The van der Waals surface area contributed by atoms with Crippen molar-refractivity contribution in [2.75, 3.05) is 17.7 Å². The summed E-state index contributed by atoms with van der Waals surface area (Å²) in [5, 5.41) is 19.0. The quantitative estimate of drug-likeness (QED) is 0.496. The predicted molar refractivity (Wildman–Crippen MR) is 80.7 cm³/mol. The first-order valence-electron chi connectivity index (χ1n) is 5.88. The Morgan fingerprint density at radius 3 is 2.90 bits per heavy atom. The Kier molecular flexibility index (Phi) is 4.89. The summed E-state index contributed by atoms with van der Waals surface area (Å²) in [5.41, 5.74) is 1.14. The Labute approximate surface area is 124 Å². The predicted octanol–water partition coefficient (Wildman–Crippen LogP) is 1.51. The third-order valence-electron chi connectivity index (χ3n) is 2.60. The lowest BCUT2D eigenvalue weighted by atomic mass is 10.1. The summed E-state index contributed by atoms with van der Waals surface area (Å²) in [6, 6.07) is 7.16. The van der Waals surface area contributed by atoms with E-state index in [0.717, 1.165) is 0 Å². The van der Waals surface area contributed by atoms with Gasteiger partial charge in [-0.3, -0.25) is 14.9 Å². The Bertz CT molecular complexity index is 700. The summed E-state index contributed by atoms with van der Waals surface area (Å²) in [6.07, 6.45) is -0.669. The van der Waals surface area contributed by atoms with Gasteiger partial charge in [-0.25, -0.2) is 0 Å². The molecule has 2 rings (SSSR count). The van der Waals surface area contributed by atoms with Gasteiger partial charge in [0, 0.05) is 17.8 Å². The number of para-hydroxylation sites is 1.